The number of hydrogen-bond donors (Lipinski definition) is 1. The molecule has 1 saturated heterocycles. The molecule has 110 valence electrons. The summed E-state index contributed by atoms with van der Waals surface area (Å²) in [5, 5.41) is 0. The van der Waals surface area contributed by atoms with Gasteiger partial charge < -0.3 is 15.5 Å². The number of aryl methyl sites for hydroxylation is 1. The largest absolute Gasteiger partial charge is 0.384 e. The second-order valence-corrected chi connectivity index (χ2v) is 5.60. The number of likely N-dealkylation sites (tertiary alicyclic amines) is 1. The van der Waals surface area contributed by atoms with Crippen molar-refractivity contribution in [3.05, 3.63) is 23.4 Å². The molecule has 1 aliphatic heterocycles. The maximum atomic E-state index is 12.6. The molecule has 0 bridgehead atoms. The first kappa shape index (κ1) is 14.8. The lowest BCUT2D eigenvalue weighted by Crippen LogP contribution is -2.47. The monoisotopic (exact) mass is 276 g/mol. The summed E-state index contributed by atoms with van der Waals surface area (Å²) >= 11 is 0. The number of likely N-dealkylation sites (N-methyl/N-ethyl adjacent to an activating group) is 2. The first-order chi connectivity index (χ1) is 9.51. The van der Waals surface area contributed by atoms with Crippen LogP contribution in [0.4, 0.5) is 5.82 Å². The first-order valence-corrected chi connectivity index (χ1v) is 7.23. The summed E-state index contributed by atoms with van der Waals surface area (Å²) in [6.45, 7) is 4.06. The van der Waals surface area contributed by atoms with E-state index in [2.05, 4.69) is 16.9 Å². The Labute approximate surface area is 120 Å². The van der Waals surface area contributed by atoms with E-state index in [1.165, 1.54) is 0 Å². The van der Waals surface area contributed by atoms with Crippen molar-refractivity contribution < 1.29 is 4.79 Å². The minimum atomic E-state index is 0.0362. The molecule has 1 amide bonds. The lowest BCUT2D eigenvalue weighted by Gasteiger charge is -2.36. The molecule has 1 unspecified atom stereocenters. The second kappa shape index (κ2) is 6.22. The Hall–Kier alpha value is -1.62. The van der Waals surface area contributed by atoms with Gasteiger partial charge in [-0.1, -0.05) is 6.92 Å². The van der Waals surface area contributed by atoms with Crippen LogP contribution in [0.5, 0.6) is 0 Å². The number of carbonyl (C=O) groups excluding carboxylic acids is 1. The summed E-state index contributed by atoms with van der Waals surface area (Å²) in [5.74, 6) is 0.455. The van der Waals surface area contributed by atoms with Gasteiger partial charge in [-0.05, 0) is 45.0 Å². The zero-order valence-electron chi connectivity index (χ0n) is 12.6. The van der Waals surface area contributed by atoms with Gasteiger partial charge in [0.1, 0.15) is 5.82 Å². The van der Waals surface area contributed by atoms with Gasteiger partial charge >= 0.3 is 0 Å². The van der Waals surface area contributed by atoms with Gasteiger partial charge in [0.25, 0.3) is 5.91 Å². The summed E-state index contributed by atoms with van der Waals surface area (Å²) in [4.78, 5) is 20.9. The van der Waals surface area contributed by atoms with Crippen LogP contribution >= 0.6 is 0 Å². The van der Waals surface area contributed by atoms with Crippen molar-refractivity contribution in [2.24, 2.45) is 0 Å². The van der Waals surface area contributed by atoms with Crippen molar-refractivity contribution in [1.29, 1.82) is 0 Å². The number of rotatable bonds is 3. The number of hydrogen-bond acceptors (Lipinski definition) is 4. The second-order valence-electron chi connectivity index (χ2n) is 5.60. The van der Waals surface area contributed by atoms with Crippen LogP contribution in [0.25, 0.3) is 0 Å². The van der Waals surface area contributed by atoms with E-state index in [9.17, 15) is 4.79 Å². The normalized spacial score (nSPS) is 19.9. The van der Waals surface area contributed by atoms with E-state index in [4.69, 9.17) is 5.73 Å². The summed E-state index contributed by atoms with van der Waals surface area (Å²) in [7, 11) is 3.98. The molecule has 0 aromatic carbocycles. The van der Waals surface area contributed by atoms with Gasteiger partial charge in [0.2, 0.25) is 0 Å². The number of aromatic nitrogens is 1. The van der Waals surface area contributed by atoms with Crippen LogP contribution in [0, 0.1) is 0 Å². The van der Waals surface area contributed by atoms with E-state index in [-0.39, 0.29) is 11.9 Å². The number of nitrogens with zero attached hydrogens (tertiary/aromatic N) is 3. The summed E-state index contributed by atoms with van der Waals surface area (Å²) in [6.07, 6.45) is 2.98. The van der Waals surface area contributed by atoms with Gasteiger partial charge in [0.05, 0.1) is 0 Å². The van der Waals surface area contributed by atoms with Crippen LogP contribution in [0.2, 0.25) is 0 Å². The van der Waals surface area contributed by atoms with Gasteiger partial charge in [-0.25, -0.2) is 4.98 Å². The predicted molar refractivity (Wildman–Crippen MR) is 80.6 cm³/mol. The fourth-order valence-corrected chi connectivity index (χ4v) is 2.74. The number of piperidine rings is 1. The Morgan fingerprint density at radius 3 is 2.95 bits per heavy atom. The van der Waals surface area contributed by atoms with E-state index in [1.54, 1.807) is 6.07 Å². The minimum absolute atomic E-state index is 0.0362. The van der Waals surface area contributed by atoms with Crippen LogP contribution in [0.3, 0.4) is 0 Å². The molecule has 20 heavy (non-hydrogen) atoms. The molecule has 1 aromatic heterocycles. The van der Waals surface area contributed by atoms with Crippen molar-refractivity contribution in [2.75, 3.05) is 32.9 Å². The maximum absolute atomic E-state index is 12.6. The average molecular weight is 276 g/mol. The molecule has 5 nitrogen and oxygen atoms in total. The summed E-state index contributed by atoms with van der Waals surface area (Å²) < 4.78 is 0. The molecule has 1 fully saturated rings. The SMILES string of the molecule is CCc1cc(C(=O)N(C)C2CCCN(C)C2)cc(N)n1. The Balaban J connectivity index is 2.15. The smallest absolute Gasteiger partial charge is 0.254 e. The van der Waals surface area contributed by atoms with E-state index in [0.29, 0.717) is 11.4 Å². The quantitative estimate of drug-likeness (QED) is 0.906. The van der Waals surface area contributed by atoms with Crippen LogP contribution in [0.15, 0.2) is 12.1 Å². The highest BCUT2D eigenvalue weighted by atomic mass is 16.2. The minimum Gasteiger partial charge on any atom is -0.384 e. The molecule has 1 atom stereocenters. The molecule has 0 saturated carbocycles. The highest BCUT2D eigenvalue weighted by molar-refractivity contribution is 5.95. The Bertz CT molecular complexity index is 489. The molecule has 2 rings (SSSR count). The molecule has 0 spiro atoms. The van der Waals surface area contributed by atoms with Gasteiger partial charge in [-0.3, -0.25) is 4.79 Å². The van der Waals surface area contributed by atoms with Gasteiger partial charge in [0.15, 0.2) is 0 Å². The fourth-order valence-electron chi connectivity index (χ4n) is 2.74. The molecule has 1 aliphatic rings. The zero-order valence-corrected chi connectivity index (χ0v) is 12.6. The van der Waals surface area contributed by atoms with E-state index in [0.717, 1.165) is 38.0 Å². The van der Waals surface area contributed by atoms with Crippen LogP contribution in [-0.2, 0) is 6.42 Å². The highest BCUT2D eigenvalue weighted by Crippen LogP contribution is 2.17. The molecule has 0 radical (unpaired) electrons. The van der Waals surface area contributed by atoms with E-state index >= 15 is 0 Å². The Morgan fingerprint density at radius 1 is 1.55 bits per heavy atom. The number of nitrogen functional groups attached to an aromatic ring is 1. The predicted octanol–water partition coefficient (Wildman–Crippen LogP) is 1.39. The van der Waals surface area contributed by atoms with Crippen molar-refractivity contribution in [3.8, 4) is 0 Å². The topological polar surface area (TPSA) is 62.5 Å². The Kier molecular flexibility index (Phi) is 4.60. The first-order valence-electron chi connectivity index (χ1n) is 7.23. The standard InChI is InChI=1S/C15H24N4O/c1-4-12-8-11(9-14(16)17-12)15(20)19(3)13-6-5-7-18(2)10-13/h8-9,13H,4-7,10H2,1-3H3,(H2,16,17). The lowest BCUT2D eigenvalue weighted by molar-refractivity contribution is 0.0644. The molecular formula is C15H24N4O. The average Bonchev–Trinajstić information content (AvgIpc) is 2.45. The highest BCUT2D eigenvalue weighted by Gasteiger charge is 2.25. The number of carbonyl (C=O) groups is 1. The van der Waals surface area contributed by atoms with E-state index in [1.807, 2.05) is 24.9 Å². The van der Waals surface area contributed by atoms with Crippen LogP contribution < -0.4 is 5.73 Å². The van der Waals surface area contributed by atoms with E-state index < -0.39 is 0 Å². The number of amides is 1. The van der Waals surface area contributed by atoms with Crippen LogP contribution in [0.1, 0.15) is 35.8 Å². The molecule has 5 heteroatoms. The summed E-state index contributed by atoms with van der Waals surface area (Å²) in [5.41, 5.74) is 7.29. The number of pyridine rings is 1. The third-order valence-corrected chi connectivity index (χ3v) is 3.98. The Morgan fingerprint density at radius 2 is 2.30 bits per heavy atom. The fraction of sp³-hybridized carbons (Fsp3) is 0.600. The molecule has 2 N–H and O–H groups in total. The zero-order chi connectivity index (χ0) is 14.7. The van der Waals surface area contributed by atoms with Gasteiger partial charge in [0, 0.05) is 30.9 Å². The van der Waals surface area contributed by atoms with Crippen molar-refractivity contribution in [3.63, 3.8) is 0 Å². The van der Waals surface area contributed by atoms with Crippen molar-refractivity contribution >= 4 is 11.7 Å². The molecule has 1 aromatic rings. The molecule has 0 aliphatic carbocycles. The van der Waals surface area contributed by atoms with Crippen molar-refractivity contribution in [2.45, 2.75) is 32.2 Å². The van der Waals surface area contributed by atoms with Gasteiger partial charge in [-0.2, -0.15) is 0 Å². The lowest BCUT2D eigenvalue weighted by atomic mass is 10.0. The third kappa shape index (κ3) is 3.28. The van der Waals surface area contributed by atoms with Gasteiger partial charge in [-0.15, -0.1) is 0 Å². The summed E-state index contributed by atoms with van der Waals surface area (Å²) in [6, 6.07) is 3.80. The molecule has 2 heterocycles. The number of nitrogens with two attached hydrogens (primary N) is 1. The van der Waals surface area contributed by atoms with Crippen molar-refractivity contribution in [1.82, 2.24) is 14.8 Å². The van der Waals surface area contributed by atoms with Crippen LogP contribution in [-0.4, -0.2) is 53.9 Å². The number of anilines is 1. The maximum Gasteiger partial charge on any atom is 0.254 e. The molecular weight excluding hydrogens is 252 g/mol. The third-order valence-electron chi connectivity index (χ3n) is 3.98.